The number of carbonyl (C=O) groups is 3. The predicted octanol–water partition coefficient (Wildman–Crippen LogP) is 1.72. The molecule has 5 rings (SSSR count). The van der Waals surface area contributed by atoms with Crippen LogP contribution in [0.1, 0.15) is 32.6 Å². The second-order valence-electron chi connectivity index (χ2n) is 10.6. The van der Waals surface area contributed by atoms with Crippen molar-refractivity contribution in [3.05, 3.63) is 42.6 Å². The number of allylic oxidation sites excluding steroid dienone is 1. The number of nitrogens with one attached hydrogen (secondary N) is 1. The summed E-state index contributed by atoms with van der Waals surface area (Å²) in [6.07, 6.45) is 6.58. The monoisotopic (exact) mass is 552 g/mol. The van der Waals surface area contributed by atoms with E-state index in [1.807, 2.05) is 36.4 Å². The minimum absolute atomic E-state index is 0.125. The molecule has 11 heteroatoms. The van der Waals surface area contributed by atoms with Crippen molar-refractivity contribution in [3.8, 4) is 11.6 Å². The second-order valence-corrected chi connectivity index (χ2v) is 10.6. The van der Waals surface area contributed by atoms with Crippen LogP contribution < -0.4 is 20.5 Å². The minimum Gasteiger partial charge on any atom is -0.497 e. The van der Waals surface area contributed by atoms with Gasteiger partial charge in [-0.05, 0) is 55.8 Å². The number of pyridine rings is 1. The summed E-state index contributed by atoms with van der Waals surface area (Å²) < 4.78 is 22.5. The van der Waals surface area contributed by atoms with Crippen molar-refractivity contribution in [2.45, 2.75) is 62.4 Å². The van der Waals surface area contributed by atoms with E-state index in [-0.39, 0.29) is 18.9 Å². The third-order valence-corrected chi connectivity index (χ3v) is 8.03. The van der Waals surface area contributed by atoms with Gasteiger partial charge in [-0.2, -0.15) is 0 Å². The SMILES string of the molecule is COC(=O)[C@@]12C[C@H]1C=CCCCO[C@H](C)[C@H](N)C(=O)N1C[C@H](Oc3nccc4cc(OC)ccc34)C[C@H]1C(=O)N2. The zero-order valence-corrected chi connectivity index (χ0v) is 23.0. The van der Waals surface area contributed by atoms with Crippen LogP contribution in [0.2, 0.25) is 0 Å². The van der Waals surface area contributed by atoms with E-state index in [1.165, 1.54) is 12.0 Å². The van der Waals surface area contributed by atoms with Crippen molar-refractivity contribution in [2.24, 2.45) is 11.7 Å². The molecule has 0 radical (unpaired) electrons. The molecule has 1 saturated heterocycles. The van der Waals surface area contributed by atoms with E-state index >= 15 is 0 Å². The number of ether oxygens (including phenoxy) is 4. The lowest BCUT2D eigenvalue weighted by atomic mass is 10.1. The number of hydrogen-bond donors (Lipinski definition) is 2. The fourth-order valence-electron chi connectivity index (χ4n) is 5.54. The number of nitrogens with two attached hydrogens (primary N) is 1. The molecular formula is C29H36N4O7. The number of methoxy groups -OCH3 is 2. The number of amides is 2. The molecule has 6 atom stereocenters. The molecule has 1 aromatic heterocycles. The Kier molecular flexibility index (Phi) is 7.95. The first-order valence-electron chi connectivity index (χ1n) is 13.6. The van der Waals surface area contributed by atoms with Gasteiger partial charge in [-0.1, -0.05) is 12.2 Å². The fourth-order valence-corrected chi connectivity index (χ4v) is 5.54. The molecule has 0 spiro atoms. The molecule has 1 aromatic carbocycles. The van der Waals surface area contributed by atoms with Crippen LogP contribution in [-0.2, 0) is 23.9 Å². The first-order valence-corrected chi connectivity index (χ1v) is 13.6. The second kappa shape index (κ2) is 11.4. The van der Waals surface area contributed by atoms with Crippen LogP contribution in [0.3, 0.4) is 0 Å². The fraction of sp³-hybridized carbons (Fsp3) is 0.517. The molecule has 1 saturated carbocycles. The van der Waals surface area contributed by atoms with Gasteiger partial charge in [-0.15, -0.1) is 0 Å². The normalized spacial score (nSPS) is 30.9. The van der Waals surface area contributed by atoms with Gasteiger partial charge in [-0.3, -0.25) is 9.59 Å². The van der Waals surface area contributed by atoms with Crippen LogP contribution in [0, 0.1) is 5.92 Å². The molecule has 3 aliphatic rings. The molecule has 11 nitrogen and oxygen atoms in total. The van der Waals surface area contributed by atoms with E-state index in [9.17, 15) is 14.4 Å². The maximum Gasteiger partial charge on any atom is 0.332 e. The van der Waals surface area contributed by atoms with Gasteiger partial charge in [0, 0.05) is 30.5 Å². The van der Waals surface area contributed by atoms with Crippen LogP contribution in [0.4, 0.5) is 0 Å². The Morgan fingerprint density at radius 3 is 2.85 bits per heavy atom. The lowest BCUT2D eigenvalue weighted by Gasteiger charge is -2.29. The number of rotatable bonds is 4. The largest absolute Gasteiger partial charge is 0.497 e. The summed E-state index contributed by atoms with van der Waals surface area (Å²) in [5.41, 5.74) is 5.18. The molecule has 2 fully saturated rings. The molecule has 214 valence electrons. The van der Waals surface area contributed by atoms with Gasteiger partial charge < -0.3 is 34.9 Å². The van der Waals surface area contributed by atoms with Crippen molar-refractivity contribution in [2.75, 3.05) is 27.4 Å². The van der Waals surface area contributed by atoms with E-state index < -0.39 is 47.6 Å². The predicted molar refractivity (Wildman–Crippen MR) is 146 cm³/mol. The molecular weight excluding hydrogens is 516 g/mol. The first-order chi connectivity index (χ1) is 19.3. The highest BCUT2D eigenvalue weighted by Crippen LogP contribution is 2.46. The van der Waals surface area contributed by atoms with Gasteiger partial charge in [0.15, 0.2) is 0 Å². The summed E-state index contributed by atoms with van der Waals surface area (Å²) in [7, 11) is 2.90. The molecule has 2 aromatic rings. The number of esters is 1. The highest BCUT2D eigenvalue weighted by atomic mass is 16.5. The van der Waals surface area contributed by atoms with Crippen molar-refractivity contribution >= 4 is 28.6 Å². The number of aromatic nitrogens is 1. The summed E-state index contributed by atoms with van der Waals surface area (Å²) in [4.78, 5) is 46.0. The topological polar surface area (TPSA) is 142 Å². The Hall–Kier alpha value is -3.70. The van der Waals surface area contributed by atoms with Gasteiger partial charge in [0.1, 0.15) is 29.5 Å². The highest BCUT2D eigenvalue weighted by molar-refractivity contribution is 5.96. The third-order valence-electron chi connectivity index (χ3n) is 8.03. The summed E-state index contributed by atoms with van der Waals surface area (Å²) in [5.74, 6) is -0.469. The van der Waals surface area contributed by atoms with Crippen molar-refractivity contribution in [1.29, 1.82) is 0 Å². The zero-order valence-electron chi connectivity index (χ0n) is 23.0. The smallest absolute Gasteiger partial charge is 0.332 e. The van der Waals surface area contributed by atoms with E-state index in [1.54, 1.807) is 20.2 Å². The molecule has 3 heterocycles. The van der Waals surface area contributed by atoms with E-state index in [0.29, 0.717) is 24.7 Å². The standard InChI is InChI=1S/C29H36N4O7/c1-17-24(30)27(35)33-16-21(40-26-22-9-8-20(37-2)13-18(22)10-11-31-26)14-23(33)25(34)32-29(28(36)38-3)15-19(29)7-5-4-6-12-39-17/h5,7-11,13,17,19,21,23-24H,4,6,12,14-16,30H2,1-3H3,(H,32,34)/t17-,19-,21-,23+,24+,29-/m1/s1. The van der Waals surface area contributed by atoms with Gasteiger partial charge >= 0.3 is 5.97 Å². The van der Waals surface area contributed by atoms with E-state index in [4.69, 9.17) is 24.7 Å². The Morgan fingerprint density at radius 1 is 1.25 bits per heavy atom. The number of nitrogens with zero attached hydrogens (tertiary/aromatic N) is 2. The molecule has 40 heavy (non-hydrogen) atoms. The molecule has 0 bridgehead atoms. The van der Waals surface area contributed by atoms with Crippen molar-refractivity contribution < 1.29 is 33.3 Å². The molecule has 2 amide bonds. The van der Waals surface area contributed by atoms with Crippen molar-refractivity contribution in [1.82, 2.24) is 15.2 Å². The molecule has 3 N–H and O–H groups in total. The lowest BCUT2D eigenvalue weighted by Crippen LogP contribution is -2.57. The van der Waals surface area contributed by atoms with Gasteiger partial charge in [0.25, 0.3) is 0 Å². The maximum absolute atomic E-state index is 13.7. The number of hydrogen-bond acceptors (Lipinski definition) is 9. The average Bonchev–Trinajstić information content (AvgIpc) is 3.49. The number of fused-ring (bicyclic) bond motifs is 3. The van der Waals surface area contributed by atoms with E-state index in [0.717, 1.165) is 23.6 Å². The van der Waals surface area contributed by atoms with Gasteiger partial charge in [-0.25, -0.2) is 9.78 Å². The van der Waals surface area contributed by atoms with Crippen molar-refractivity contribution in [3.63, 3.8) is 0 Å². The highest BCUT2D eigenvalue weighted by Gasteiger charge is 2.62. The summed E-state index contributed by atoms with van der Waals surface area (Å²) in [5, 5.41) is 4.58. The van der Waals surface area contributed by atoms with Crippen LogP contribution in [0.25, 0.3) is 10.8 Å². The van der Waals surface area contributed by atoms with Crippen LogP contribution >= 0.6 is 0 Å². The van der Waals surface area contributed by atoms with Crippen LogP contribution in [0.15, 0.2) is 42.6 Å². The first kappa shape index (κ1) is 27.9. The Morgan fingerprint density at radius 2 is 2.08 bits per heavy atom. The van der Waals surface area contributed by atoms with Gasteiger partial charge in [0.2, 0.25) is 17.7 Å². The Labute approximate surface area is 233 Å². The van der Waals surface area contributed by atoms with E-state index in [2.05, 4.69) is 10.3 Å². The summed E-state index contributed by atoms with van der Waals surface area (Å²) >= 11 is 0. The summed E-state index contributed by atoms with van der Waals surface area (Å²) in [6.45, 7) is 2.31. The average molecular weight is 553 g/mol. The van der Waals surface area contributed by atoms with Crippen LogP contribution in [0.5, 0.6) is 11.6 Å². The molecule has 1 aliphatic carbocycles. The van der Waals surface area contributed by atoms with Crippen LogP contribution in [-0.4, -0.2) is 84.9 Å². The Balaban J connectivity index is 1.43. The Bertz CT molecular complexity index is 1320. The molecule has 0 unspecified atom stereocenters. The zero-order chi connectivity index (χ0) is 28.4. The summed E-state index contributed by atoms with van der Waals surface area (Å²) in [6, 6.07) is 5.54. The quantitative estimate of drug-likeness (QED) is 0.428. The molecule has 2 aliphatic heterocycles. The third kappa shape index (κ3) is 5.35. The number of carbonyl (C=O) groups excluding carboxylic acids is 3. The maximum atomic E-state index is 13.7. The number of benzene rings is 1. The van der Waals surface area contributed by atoms with Gasteiger partial charge in [0.05, 0.1) is 26.9 Å². The minimum atomic E-state index is -1.15. The lowest BCUT2D eigenvalue weighted by molar-refractivity contribution is -0.148.